The van der Waals surface area contributed by atoms with Crippen LogP contribution in [0.2, 0.25) is 0 Å². The van der Waals surface area contributed by atoms with Crippen molar-refractivity contribution >= 4 is 5.78 Å². The van der Waals surface area contributed by atoms with Crippen LogP contribution in [0.4, 0.5) is 0 Å². The van der Waals surface area contributed by atoms with Crippen molar-refractivity contribution in [2.24, 2.45) is 11.3 Å². The third-order valence-corrected chi connectivity index (χ3v) is 2.91. The fourth-order valence-corrected chi connectivity index (χ4v) is 1.63. The van der Waals surface area contributed by atoms with Crippen LogP contribution >= 0.6 is 0 Å². The molecule has 0 aliphatic rings. The molecule has 0 atom stereocenters. The Morgan fingerprint density at radius 3 is 2.39 bits per heavy atom. The van der Waals surface area contributed by atoms with Crippen LogP contribution in [-0.4, -0.2) is 10.4 Å². The van der Waals surface area contributed by atoms with Crippen molar-refractivity contribution in [3.05, 3.63) is 34.2 Å². The molecule has 1 aromatic rings. The minimum atomic E-state index is -0.0919. The molecular formula is C15H23NO2. The van der Waals surface area contributed by atoms with Crippen LogP contribution in [0.25, 0.3) is 0 Å². The highest BCUT2D eigenvalue weighted by Gasteiger charge is 2.13. The molecular weight excluding hydrogens is 226 g/mol. The van der Waals surface area contributed by atoms with Crippen molar-refractivity contribution in [3.8, 4) is 0 Å². The lowest BCUT2D eigenvalue weighted by Gasteiger charge is -2.18. The first-order chi connectivity index (χ1) is 8.20. The molecule has 0 saturated heterocycles. The first-order valence-corrected chi connectivity index (χ1v) is 6.45. The zero-order valence-corrected chi connectivity index (χ0v) is 12.0. The van der Waals surface area contributed by atoms with E-state index in [1.165, 1.54) is 6.07 Å². The number of carbonyl (C=O) groups is 1. The van der Waals surface area contributed by atoms with Crippen molar-refractivity contribution < 1.29 is 4.79 Å². The predicted molar refractivity (Wildman–Crippen MR) is 73.9 cm³/mol. The third kappa shape index (κ3) is 4.13. The second-order valence-electron chi connectivity index (χ2n) is 6.28. The standard InChI is InChI=1S/C15H23NO2/c1-11(2)14(18)12-6-8-16(13(17)10-12)9-7-15(3,4)5/h6,8,10-11H,7,9H2,1-5H3. The second-order valence-corrected chi connectivity index (χ2v) is 6.28. The number of pyridine rings is 1. The second kappa shape index (κ2) is 5.51. The zero-order valence-electron chi connectivity index (χ0n) is 12.0. The van der Waals surface area contributed by atoms with E-state index in [-0.39, 0.29) is 22.7 Å². The number of rotatable bonds is 4. The van der Waals surface area contributed by atoms with Gasteiger partial charge in [0.05, 0.1) is 0 Å². The fourth-order valence-electron chi connectivity index (χ4n) is 1.63. The maximum Gasteiger partial charge on any atom is 0.251 e. The Kier molecular flexibility index (Phi) is 4.49. The Morgan fingerprint density at radius 1 is 1.33 bits per heavy atom. The summed E-state index contributed by atoms with van der Waals surface area (Å²) in [6.45, 7) is 10.8. The Morgan fingerprint density at radius 2 is 1.94 bits per heavy atom. The number of aromatic nitrogens is 1. The van der Waals surface area contributed by atoms with E-state index in [2.05, 4.69) is 20.8 Å². The average Bonchev–Trinajstić information content (AvgIpc) is 2.25. The van der Waals surface area contributed by atoms with Crippen LogP contribution in [0.1, 0.15) is 51.4 Å². The lowest BCUT2D eigenvalue weighted by molar-refractivity contribution is 0.0939. The van der Waals surface area contributed by atoms with Gasteiger partial charge in [-0.15, -0.1) is 0 Å². The van der Waals surface area contributed by atoms with Crippen LogP contribution < -0.4 is 5.56 Å². The van der Waals surface area contributed by atoms with Gasteiger partial charge in [0.25, 0.3) is 5.56 Å². The number of hydrogen-bond donors (Lipinski definition) is 0. The molecule has 0 unspecified atom stereocenters. The van der Waals surface area contributed by atoms with Gasteiger partial charge >= 0.3 is 0 Å². The number of Topliss-reactive ketones (excluding diaryl/α,β-unsaturated/α-hetero) is 1. The highest BCUT2D eigenvalue weighted by molar-refractivity contribution is 5.97. The van der Waals surface area contributed by atoms with Crippen molar-refractivity contribution in [3.63, 3.8) is 0 Å². The Labute approximate surface area is 109 Å². The fraction of sp³-hybridized carbons (Fsp3) is 0.600. The molecule has 3 nitrogen and oxygen atoms in total. The molecule has 0 saturated carbocycles. The maximum absolute atomic E-state index is 11.9. The number of ketones is 1. The van der Waals surface area contributed by atoms with E-state index in [1.54, 1.807) is 16.8 Å². The Bertz CT molecular complexity index is 478. The van der Waals surface area contributed by atoms with Crippen molar-refractivity contribution in [1.29, 1.82) is 0 Å². The Hall–Kier alpha value is -1.38. The van der Waals surface area contributed by atoms with Gasteiger partial charge in [0.1, 0.15) is 0 Å². The van der Waals surface area contributed by atoms with Crippen LogP contribution in [-0.2, 0) is 6.54 Å². The van der Waals surface area contributed by atoms with Crippen LogP contribution in [0.5, 0.6) is 0 Å². The van der Waals surface area contributed by atoms with Gasteiger partial charge in [-0.05, 0) is 17.9 Å². The van der Waals surface area contributed by atoms with E-state index < -0.39 is 0 Å². The molecule has 1 heterocycles. The lowest BCUT2D eigenvalue weighted by atomic mass is 9.92. The van der Waals surface area contributed by atoms with Crippen LogP contribution in [0.3, 0.4) is 0 Å². The van der Waals surface area contributed by atoms with E-state index in [0.29, 0.717) is 12.1 Å². The third-order valence-electron chi connectivity index (χ3n) is 2.91. The molecule has 0 N–H and O–H groups in total. The van der Waals surface area contributed by atoms with Crippen molar-refractivity contribution in [2.75, 3.05) is 0 Å². The summed E-state index contributed by atoms with van der Waals surface area (Å²) in [7, 11) is 0. The Balaban J connectivity index is 2.87. The molecule has 100 valence electrons. The first-order valence-electron chi connectivity index (χ1n) is 6.45. The van der Waals surface area contributed by atoms with Gasteiger partial charge in [0.15, 0.2) is 5.78 Å². The topological polar surface area (TPSA) is 39.1 Å². The largest absolute Gasteiger partial charge is 0.315 e. The predicted octanol–water partition coefficient (Wildman–Crippen LogP) is 3.12. The van der Waals surface area contributed by atoms with E-state index in [0.717, 1.165) is 6.42 Å². The van der Waals surface area contributed by atoms with Gasteiger partial charge in [0.2, 0.25) is 0 Å². The van der Waals surface area contributed by atoms with E-state index in [9.17, 15) is 9.59 Å². The van der Waals surface area contributed by atoms with Crippen molar-refractivity contribution in [1.82, 2.24) is 4.57 Å². The van der Waals surface area contributed by atoms with Crippen LogP contribution in [0, 0.1) is 11.3 Å². The highest BCUT2D eigenvalue weighted by Crippen LogP contribution is 2.18. The molecule has 0 aliphatic carbocycles. The smallest absolute Gasteiger partial charge is 0.251 e. The number of hydrogen-bond acceptors (Lipinski definition) is 2. The van der Waals surface area contributed by atoms with Crippen LogP contribution in [0.15, 0.2) is 23.1 Å². The summed E-state index contributed by atoms with van der Waals surface area (Å²) in [5, 5.41) is 0. The summed E-state index contributed by atoms with van der Waals surface area (Å²) in [5.41, 5.74) is 0.624. The van der Waals surface area contributed by atoms with Gasteiger partial charge in [-0.25, -0.2) is 0 Å². The molecule has 0 aromatic carbocycles. The number of nitrogens with zero attached hydrogens (tertiary/aromatic N) is 1. The number of carbonyl (C=O) groups excluding carboxylic acids is 1. The molecule has 0 radical (unpaired) electrons. The van der Waals surface area contributed by atoms with E-state index >= 15 is 0 Å². The highest BCUT2D eigenvalue weighted by atomic mass is 16.1. The molecule has 18 heavy (non-hydrogen) atoms. The molecule has 0 bridgehead atoms. The van der Waals surface area contributed by atoms with E-state index in [4.69, 9.17) is 0 Å². The summed E-state index contributed by atoms with van der Waals surface area (Å²) in [6.07, 6.45) is 2.66. The lowest BCUT2D eigenvalue weighted by Crippen LogP contribution is -2.23. The molecule has 1 rings (SSSR count). The molecule has 0 aliphatic heterocycles. The monoisotopic (exact) mass is 249 g/mol. The van der Waals surface area contributed by atoms with Gasteiger partial charge in [-0.1, -0.05) is 34.6 Å². The molecule has 1 aromatic heterocycles. The maximum atomic E-state index is 11.9. The summed E-state index contributed by atoms with van der Waals surface area (Å²) in [5.74, 6) is -0.0510. The summed E-state index contributed by atoms with van der Waals surface area (Å²) in [4.78, 5) is 23.7. The minimum Gasteiger partial charge on any atom is -0.315 e. The van der Waals surface area contributed by atoms with Gasteiger partial charge in [-0.3, -0.25) is 9.59 Å². The number of aryl methyl sites for hydroxylation is 1. The summed E-state index contributed by atoms with van der Waals surface area (Å²) < 4.78 is 1.67. The van der Waals surface area contributed by atoms with Crippen molar-refractivity contribution in [2.45, 2.75) is 47.6 Å². The normalized spacial score (nSPS) is 11.9. The summed E-state index contributed by atoms with van der Waals surface area (Å²) in [6, 6.07) is 3.19. The summed E-state index contributed by atoms with van der Waals surface area (Å²) >= 11 is 0. The molecule has 0 spiro atoms. The SMILES string of the molecule is CC(C)C(=O)c1ccn(CCC(C)(C)C)c(=O)c1. The van der Waals surface area contributed by atoms with Gasteiger partial charge in [-0.2, -0.15) is 0 Å². The molecule has 3 heteroatoms. The quantitative estimate of drug-likeness (QED) is 0.769. The first kappa shape index (κ1) is 14.7. The molecule has 0 fully saturated rings. The zero-order chi connectivity index (χ0) is 13.9. The molecule has 0 amide bonds. The van der Waals surface area contributed by atoms with Gasteiger partial charge in [0, 0.05) is 30.3 Å². The van der Waals surface area contributed by atoms with Gasteiger partial charge < -0.3 is 4.57 Å². The minimum absolute atomic E-state index is 0.0232. The average molecular weight is 249 g/mol. The van der Waals surface area contributed by atoms with E-state index in [1.807, 2.05) is 13.8 Å².